The second kappa shape index (κ2) is 8.21. The Kier molecular flexibility index (Phi) is 5.77. The van der Waals surface area contributed by atoms with Gasteiger partial charge in [-0.2, -0.15) is 0 Å². The summed E-state index contributed by atoms with van der Waals surface area (Å²) in [6.07, 6.45) is 1.05. The summed E-state index contributed by atoms with van der Waals surface area (Å²) in [7, 11) is 0. The quantitative estimate of drug-likeness (QED) is 0.587. The van der Waals surface area contributed by atoms with Crippen molar-refractivity contribution in [3.05, 3.63) is 65.4 Å². The van der Waals surface area contributed by atoms with Crippen molar-refractivity contribution >= 4 is 16.6 Å². The Bertz CT molecular complexity index is 798. The van der Waals surface area contributed by atoms with Gasteiger partial charge in [0.05, 0.1) is 0 Å². The molecule has 3 heteroatoms. The molecule has 0 saturated carbocycles. The highest BCUT2D eigenvalue weighted by Gasteiger charge is 2.07. The predicted molar refractivity (Wildman–Crippen MR) is 108 cm³/mol. The normalized spacial score (nSPS) is 11.2. The largest absolute Gasteiger partial charge is 0.372 e. The standard InChI is InChI=1S/C22H29N3/c1-4-25(5-2)19-12-10-18(11-13-19)16-23-15-14-20-17(3)24-22-9-7-6-8-21(20)22/h6-13,23-24H,4-5,14-16H2,1-3H3. The van der Waals surface area contributed by atoms with Crippen molar-refractivity contribution in [3.8, 4) is 0 Å². The van der Waals surface area contributed by atoms with E-state index in [1.54, 1.807) is 0 Å². The van der Waals surface area contributed by atoms with Gasteiger partial charge in [-0.3, -0.25) is 0 Å². The second-order valence-corrected chi connectivity index (χ2v) is 6.54. The van der Waals surface area contributed by atoms with Crippen LogP contribution in [0.25, 0.3) is 10.9 Å². The van der Waals surface area contributed by atoms with Crippen LogP contribution in [0, 0.1) is 6.92 Å². The molecule has 0 unspecified atom stereocenters. The van der Waals surface area contributed by atoms with Gasteiger partial charge in [-0.1, -0.05) is 30.3 Å². The van der Waals surface area contributed by atoms with E-state index in [-0.39, 0.29) is 0 Å². The third-order valence-electron chi connectivity index (χ3n) is 4.97. The van der Waals surface area contributed by atoms with E-state index in [9.17, 15) is 0 Å². The predicted octanol–water partition coefficient (Wildman–Crippen LogP) is 4.65. The van der Waals surface area contributed by atoms with Gasteiger partial charge in [-0.25, -0.2) is 0 Å². The number of hydrogen-bond donors (Lipinski definition) is 2. The van der Waals surface area contributed by atoms with Crippen molar-refractivity contribution in [1.29, 1.82) is 0 Å². The summed E-state index contributed by atoms with van der Waals surface area (Å²) in [5, 5.41) is 4.93. The molecule has 132 valence electrons. The summed E-state index contributed by atoms with van der Waals surface area (Å²) >= 11 is 0. The van der Waals surface area contributed by atoms with Crippen molar-refractivity contribution in [3.63, 3.8) is 0 Å². The van der Waals surface area contributed by atoms with Crippen LogP contribution < -0.4 is 10.2 Å². The molecule has 0 fully saturated rings. The van der Waals surface area contributed by atoms with Crippen molar-refractivity contribution in [2.45, 2.75) is 33.7 Å². The SMILES string of the molecule is CCN(CC)c1ccc(CNCCc2c(C)[nH]c3ccccc23)cc1. The molecule has 2 N–H and O–H groups in total. The van der Waals surface area contributed by atoms with Gasteiger partial charge in [0.2, 0.25) is 0 Å². The maximum absolute atomic E-state index is 3.58. The van der Waals surface area contributed by atoms with E-state index in [1.165, 1.54) is 33.4 Å². The van der Waals surface area contributed by atoms with Crippen LogP contribution in [0.4, 0.5) is 5.69 Å². The fourth-order valence-electron chi connectivity index (χ4n) is 3.52. The first-order chi connectivity index (χ1) is 12.2. The lowest BCUT2D eigenvalue weighted by atomic mass is 10.1. The summed E-state index contributed by atoms with van der Waals surface area (Å²) in [6.45, 7) is 10.6. The molecule has 3 rings (SSSR count). The molecule has 0 radical (unpaired) electrons. The number of benzene rings is 2. The zero-order chi connectivity index (χ0) is 17.6. The van der Waals surface area contributed by atoms with Gasteiger partial charge in [-0.05, 0) is 63.1 Å². The lowest BCUT2D eigenvalue weighted by molar-refractivity contribution is 0.687. The zero-order valence-electron chi connectivity index (χ0n) is 15.6. The van der Waals surface area contributed by atoms with Gasteiger partial charge >= 0.3 is 0 Å². The average molecular weight is 335 g/mol. The summed E-state index contributed by atoms with van der Waals surface area (Å²) in [5.74, 6) is 0. The Morgan fingerprint density at radius 3 is 2.40 bits per heavy atom. The first-order valence-corrected chi connectivity index (χ1v) is 9.33. The maximum atomic E-state index is 3.58. The van der Waals surface area contributed by atoms with Crippen molar-refractivity contribution in [2.24, 2.45) is 0 Å². The lowest BCUT2D eigenvalue weighted by Gasteiger charge is -2.21. The van der Waals surface area contributed by atoms with Gasteiger partial charge in [0.15, 0.2) is 0 Å². The minimum absolute atomic E-state index is 0.917. The molecule has 3 aromatic rings. The molecule has 25 heavy (non-hydrogen) atoms. The highest BCUT2D eigenvalue weighted by molar-refractivity contribution is 5.84. The van der Waals surface area contributed by atoms with E-state index in [1.807, 2.05) is 0 Å². The number of fused-ring (bicyclic) bond motifs is 1. The topological polar surface area (TPSA) is 31.1 Å². The molecule has 0 aliphatic heterocycles. The van der Waals surface area contributed by atoms with Gasteiger partial charge in [0.25, 0.3) is 0 Å². The highest BCUT2D eigenvalue weighted by atomic mass is 15.1. The average Bonchev–Trinajstić information content (AvgIpc) is 2.96. The molecular formula is C22H29N3. The third-order valence-corrected chi connectivity index (χ3v) is 4.97. The summed E-state index contributed by atoms with van der Waals surface area (Å²) in [5.41, 5.74) is 6.60. The fourth-order valence-corrected chi connectivity index (χ4v) is 3.52. The maximum Gasteiger partial charge on any atom is 0.0458 e. The van der Waals surface area contributed by atoms with Gasteiger partial charge in [0, 0.05) is 41.9 Å². The molecule has 3 nitrogen and oxygen atoms in total. The van der Waals surface area contributed by atoms with Crippen LogP contribution in [0.2, 0.25) is 0 Å². The molecule has 0 atom stereocenters. The van der Waals surface area contributed by atoms with E-state index in [0.29, 0.717) is 0 Å². The van der Waals surface area contributed by atoms with E-state index in [2.05, 4.69) is 84.5 Å². The van der Waals surface area contributed by atoms with E-state index in [4.69, 9.17) is 0 Å². The van der Waals surface area contributed by atoms with Crippen LogP contribution in [0.15, 0.2) is 48.5 Å². The Balaban J connectivity index is 1.54. The van der Waals surface area contributed by atoms with Gasteiger partial charge in [0.1, 0.15) is 0 Å². The minimum atomic E-state index is 0.917. The van der Waals surface area contributed by atoms with Crippen LogP contribution in [-0.4, -0.2) is 24.6 Å². The number of rotatable bonds is 8. The molecule has 0 aliphatic rings. The van der Waals surface area contributed by atoms with Gasteiger partial charge in [-0.15, -0.1) is 0 Å². The molecule has 1 heterocycles. The Morgan fingerprint density at radius 1 is 0.960 bits per heavy atom. The number of aryl methyl sites for hydroxylation is 1. The zero-order valence-corrected chi connectivity index (χ0v) is 15.6. The summed E-state index contributed by atoms with van der Waals surface area (Å²) in [6, 6.07) is 17.5. The smallest absolute Gasteiger partial charge is 0.0458 e. The Morgan fingerprint density at radius 2 is 1.68 bits per heavy atom. The first-order valence-electron chi connectivity index (χ1n) is 9.33. The van der Waals surface area contributed by atoms with E-state index >= 15 is 0 Å². The van der Waals surface area contributed by atoms with Crippen LogP contribution in [0.1, 0.15) is 30.7 Å². The molecule has 0 spiro atoms. The van der Waals surface area contributed by atoms with Crippen LogP contribution in [0.5, 0.6) is 0 Å². The number of nitrogens with one attached hydrogen (secondary N) is 2. The molecule has 0 amide bonds. The molecule has 2 aromatic carbocycles. The van der Waals surface area contributed by atoms with Crippen LogP contribution in [-0.2, 0) is 13.0 Å². The third kappa shape index (κ3) is 4.05. The van der Waals surface area contributed by atoms with Crippen LogP contribution in [0.3, 0.4) is 0 Å². The molecule has 1 aromatic heterocycles. The number of para-hydroxylation sites is 1. The highest BCUT2D eigenvalue weighted by Crippen LogP contribution is 2.22. The number of hydrogen-bond acceptors (Lipinski definition) is 2. The summed E-state index contributed by atoms with van der Waals surface area (Å²) < 4.78 is 0. The molecule has 0 saturated heterocycles. The van der Waals surface area contributed by atoms with Crippen molar-refractivity contribution < 1.29 is 0 Å². The number of anilines is 1. The second-order valence-electron chi connectivity index (χ2n) is 6.54. The summed E-state index contributed by atoms with van der Waals surface area (Å²) in [4.78, 5) is 5.85. The van der Waals surface area contributed by atoms with E-state index < -0.39 is 0 Å². The monoisotopic (exact) mass is 335 g/mol. The van der Waals surface area contributed by atoms with Gasteiger partial charge < -0.3 is 15.2 Å². The van der Waals surface area contributed by atoms with Crippen LogP contribution >= 0.6 is 0 Å². The first kappa shape index (κ1) is 17.6. The van der Waals surface area contributed by atoms with Crippen molar-refractivity contribution in [1.82, 2.24) is 10.3 Å². The minimum Gasteiger partial charge on any atom is -0.372 e. The number of aromatic nitrogens is 1. The number of aromatic amines is 1. The Labute approximate surface area is 151 Å². The molecular weight excluding hydrogens is 306 g/mol. The van der Waals surface area contributed by atoms with Crippen molar-refractivity contribution in [2.75, 3.05) is 24.5 Å². The lowest BCUT2D eigenvalue weighted by Crippen LogP contribution is -2.21. The molecule has 0 bridgehead atoms. The Hall–Kier alpha value is -2.26. The number of H-pyrrole nitrogens is 1. The van der Waals surface area contributed by atoms with E-state index in [0.717, 1.165) is 32.6 Å². The number of nitrogens with zero attached hydrogens (tertiary/aromatic N) is 1. The fraction of sp³-hybridized carbons (Fsp3) is 0.364. The molecule has 0 aliphatic carbocycles.